The summed E-state index contributed by atoms with van der Waals surface area (Å²) in [4.78, 5) is 0. The molecule has 0 radical (unpaired) electrons. The van der Waals surface area contributed by atoms with E-state index in [1.165, 1.54) is 23.3 Å². The van der Waals surface area contributed by atoms with Crippen LogP contribution in [0.5, 0.6) is 0 Å². The van der Waals surface area contributed by atoms with Crippen LogP contribution in [-0.4, -0.2) is 10.5 Å². The van der Waals surface area contributed by atoms with Gasteiger partial charge >= 0.3 is 0 Å². The van der Waals surface area contributed by atoms with Crippen LogP contribution in [0.25, 0.3) is 0 Å². The molecule has 4 aromatic rings. The summed E-state index contributed by atoms with van der Waals surface area (Å²) >= 11 is 0. The van der Waals surface area contributed by atoms with Crippen molar-refractivity contribution in [2.24, 2.45) is 0 Å². The molecule has 0 spiro atoms. The molecule has 1 aliphatic carbocycles. The second-order valence-electron chi connectivity index (χ2n) is 10.9. The molecule has 1 nitrogen and oxygen atoms in total. The molecular weight excluding hydrogens is 560 g/mol. The van der Waals surface area contributed by atoms with Gasteiger partial charge in [-0.1, -0.05) is 92.1 Å². The number of halogens is 4. The maximum absolute atomic E-state index is 15.8. The lowest BCUT2D eigenvalue weighted by atomic mass is 9.96. The van der Waals surface area contributed by atoms with Gasteiger partial charge in [-0.15, -0.1) is 0 Å². The average Bonchev–Trinajstić information content (AvgIpc) is 3.45. The SMILES string of the molecule is Fc1cccc(P(c2cccc(F)c2F)N(C2CCCCC2)P2[C@H](c3ccccc3)CC[C@H]2c2ccccc2)c1F. The Morgan fingerprint density at radius 1 is 0.537 bits per heavy atom. The number of rotatable bonds is 7. The van der Waals surface area contributed by atoms with Gasteiger partial charge in [-0.25, -0.2) is 22.0 Å². The lowest BCUT2D eigenvalue weighted by Gasteiger charge is -2.47. The van der Waals surface area contributed by atoms with E-state index in [0.29, 0.717) is 0 Å². The molecule has 1 aliphatic heterocycles. The van der Waals surface area contributed by atoms with Gasteiger partial charge in [-0.3, -0.25) is 0 Å². The van der Waals surface area contributed by atoms with E-state index in [0.717, 1.165) is 57.1 Å². The second kappa shape index (κ2) is 12.7. The van der Waals surface area contributed by atoms with Gasteiger partial charge in [0.15, 0.2) is 23.3 Å². The molecule has 6 rings (SSSR count). The van der Waals surface area contributed by atoms with Crippen molar-refractivity contribution in [1.29, 1.82) is 0 Å². The highest BCUT2D eigenvalue weighted by Crippen LogP contribution is 2.77. The van der Waals surface area contributed by atoms with Crippen LogP contribution >= 0.6 is 16.1 Å². The third-order valence-electron chi connectivity index (χ3n) is 8.38. The zero-order valence-corrected chi connectivity index (χ0v) is 24.6. The molecule has 2 aliphatic rings. The molecule has 1 saturated carbocycles. The van der Waals surface area contributed by atoms with E-state index >= 15 is 8.78 Å². The molecule has 4 aromatic carbocycles. The maximum Gasteiger partial charge on any atom is 0.168 e. The first-order valence-electron chi connectivity index (χ1n) is 14.4. The molecule has 0 N–H and O–H groups in total. The summed E-state index contributed by atoms with van der Waals surface area (Å²) in [6.07, 6.45) is 6.85. The summed E-state index contributed by atoms with van der Waals surface area (Å²) in [6.45, 7) is 0. The molecule has 212 valence electrons. The summed E-state index contributed by atoms with van der Waals surface area (Å²) in [5.41, 5.74) is 2.76. The maximum atomic E-state index is 15.8. The summed E-state index contributed by atoms with van der Waals surface area (Å²) < 4.78 is 63.8. The summed E-state index contributed by atoms with van der Waals surface area (Å²) in [5, 5.41) is 0.256. The number of benzene rings is 4. The molecule has 0 amide bonds. The van der Waals surface area contributed by atoms with E-state index < -0.39 is 39.4 Å². The Kier molecular flexibility index (Phi) is 8.87. The van der Waals surface area contributed by atoms with Crippen LogP contribution in [0.4, 0.5) is 17.6 Å². The topological polar surface area (TPSA) is 3.24 Å². The lowest BCUT2D eigenvalue weighted by Crippen LogP contribution is -2.38. The first kappa shape index (κ1) is 28.5. The molecule has 41 heavy (non-hydrogen) atoms. The molecule has 0 unspecified atom stereocenters. The fourth-order valence-corrected chi connectivity index (χ4v) is 14.3. The number of nitrogens with zero attached hydrogens (tertiary/aromatic N) is 1. The van der Waals surface area contributed by atoms with Gasteiger partial charge in [0, 0.05) is 36.0 Å². The molecule has 1 saturated heterocycles. The van der Waals surface area contributed by atoms with Crippen molar-refractivity contribution in [2.45, 2.75) is 62.3 Å². The third kappa shape index (κ3) is 5.74. The van der Waals surface area contributed by atoms with Crippen LogP contribution < -0.4 is 10.6 Å². The minimum atomic E-state index is -1.92. The smallest absolute Gasteiger partial charge is 0.168 e. The first-order chi connectivity index (χ1) is 20.0. The highest BCUT2D eigenvalue weighted by molar-refractivity contribution is 7.79. The highest BCUT2D eigenvalue weighted by atomic mass is 31.2. The van der Waals surface area contributed by atoms with Crippen molar-refractivity contribution in [3.8, 4) is 0 Å². The predicted octanol–water partition coefficient (Wildman–Crippen LogP) is 9.90. The minimum Gasteiger partial charge on any atom is -0.248 e. The highest BCUT2D eigenvalue weighted by Gasteiger charge is 2.48. The van der Waals surface area contributed by atoms with Gasteiger partial charge in [0.25, 0.3) is 0 Å². The van der Waals surface area contributed by atoms with Crippen LogP contribution in [0.1, 0.15) is 67.4 Å². The van der Waals surface area contributed by atoms with Gasteiger partial charge in [-0.2, -0.15) is 0 Å². The lowest BCUT2D eigenvalue weighted by molar-refractivity contribution is 0.351. The predicted molar refractivity (Wildman–Crippen MR) is 162 cm³/mol. The first-order valence-corrected chi connectivity index (χ1v) is 17.1. The molecule has 7 heteroatoms. The van der Waals surface area contributed by atoms with Gasteiger partial charge < -0.3 is 0 Å². The Balaban J connectivity index is 1.61. The Hall–Kier alpha value is -2.58. The molecule has 0 aromatic heterocycles. The molecule has 1 heterocycles. The number of hydrogen-bond acceptors (Lipinski definition) is 1. The zero-order chi connectivity index (χ0) is 28.3. The van der Waals surface area contributed by atoms with E-state index in [2.05, 4.69) is 28.7 Å². The van der Waals surface area contributed by atoms with E-state index in [1.807, 2.05) is 36.4 Å². The summed E-state index contributed by atoms with van der Waals surface area (Å²) in [5.74, 6) is -3.86. The normalized spacial score (nSPS) is 20.2. The van der Waals surface area contributed by atoms with Crippen molar-refractivity contribution >= 4 is 26.8 Å². The van der Waals surface area contributed by atoms with Crippen LogP contribution in [0.15, 0.2) is 97.1 Å². The van der Waals surface area contributed by atoms with E-state index in [-0.39, 0.29) is 28.0 Å². The van der Waals surface area contributed by atoms with Crippen molar-refractivity contribution < 1.29 is 17.6 Å². The largest absolute Gasteiger partial charge is 0.248 e. The fourth-order valence-electron chi connectivity index (χ4n) is 6.50. The molecule has 2 fully saturated rings. The van der Waals surface area contributed by atoms with E-state index in [4.69, 9.17) is 0 Å². The molecule has 0 bridgehead atoms. The minimum absolute atomic E-state index is 0.0573. The summed E-state index contributed by atoms with van der Waals surface area (Å²) in [6, 6.07) is 29.2. The van der Waals surface area contributed by atoms with Crippen LogP contribution in [0.3, 0.4) is 0 Å². The van der Waals surface area contributed by atoms with Crippen molar-refractivity contribution in [1.82, 2.24) is 4.44 Å². The Labute approximate surface area is 242 Å². The molecular formula is C34H33F4NP2. The fraction of sp³-hybridized carbons (Fsp3) is 0.294. The second-order valence-corrected chi connectivity index (χ2v) is 15.7. The van der Waals surface area contributed by atoms with Gasteiger partial charge in [0.05, 0.1) is 0 Å². The van der Waals surface area contributed by atoms with E-state index in [9.17, 15) is 8.78 Å². The van der Waals surface area contributed by atoms with Crippen LogP contribution in [0.2, 0.25) is 0 Å². The number of hydrogen-bond donors (Lipinski definition) is 0. The third-order valence-corrected chi connectivity index (χ3v) is 15.1. The van der Waals surface area contributed by atoms with Crippen molar-refractivity contribution in [2.75, 3.05) is 0 Å². The zero-order valence-electron chi connectivity index (χ0n) is 22.8. The summed E-state index contributed by atoms with van der Waals surface area (Å²) in [7, 11) is -2.98. The standard InChI is InChI=1S/C34H33F4NP2/c35-27-18-10-20-31(33(27)37)41(32-21-11-19-28(36)34(32)38)39(26-16-8-3-9-17-26)40-29(24-12-4-1-5-13-24)22-23-30(40)25-14-6-2-7-15-25/h1-2,4-7,10-15,18-21,26,29-30H,3,8-9,16-17,22-23H2/t29-,30-/m0/s1. The monoisotopic (exact) mass is 593 g/mol. The average molecular weight is 594 g/mol. The Morgan fingerprint density at radius 3 is 1.46 bits per heavy atom. The Morgan fingerprint density at radius 2 is 1.00 bits per heavy atom. The quantitative estimate of drug-likeness (QED) is 0.152. The van der Waals surface area contributed by atoms with Gasteiger partial charge in [0.2, 0.25) is 0 Å². The van der Waals surface area contributed by atoms with Gasteiger partial charge in [0.1, 0.15) is 0 Å². The van der Waals surface area contributed by atoms with Crippen LogP contribution in [0, 0.1) is 23.3 Å². The van der Waals surface area contributed by atoms with Crippen LogP contribution in [-0.2, 0) is 0 Å². The van der Waals surface area contributed by atoms with Crippen molar-refractivity contribution in [3.63, 3.8) is 0 Å². The van der Waals surface area contributed by atoms with E-state index in [1.54, 1.807) is 12.1 Å². The van der Waals surface area contributed by atoms with Gasteiger partial charge in [-0.05, 0) is 69.1 Å². The van der Waals surface area contributed by atoms with Crippen molar-refractivity contribution in [3.05, 3.63) is 131 Å². The molecule has 2 atom stereocenters. The Bertz CT molecular complexity index is 1360.